The molecule has 2 aromatic rings. The molecule has 2 rings (SSSR count). The van der Waals surface area contributed by atoms with Crippen LogP contribution in [0.1, 0.15) is 16.1 Å². The van der Waals surface area contributed by atoms with Gasteiger partial charge in [0.15, 0.2) is 11.5 Å². The summed E-state index contributed by atoms with van der Waals surface area (Å²) in [7, 11) is 1.45. The van der Waals surface area contributed by atoms with Gasteiger partial charge in [-0.3, -0.25) is 0 Å². The standard InChI is InChI=1S/C12H10FNO4/c1-17-10-3-2-7(4-8(10)6-13)11-5-9(12(15)16)14-18-11/h2-5H,6H2,1H3,(H,15,16). The Morgan fingerprint density at radius 2 is 2.28 bits per heavy atom. The van der Waals surface area contributed by atoms with Crippen molar-refractivity contribution in [2.45, 2.75) is 6.67 Å². The third-order valence-corrected chi connectivity index (χ3v) is 2.44. The second-order valence-corrected chi connectivity index (χ2v) is 3.54. The lowest BCUT2D eigenvalue weighted by molar-refractivity contribution is 0.0686. The van der Waals surface area contributed by atoms with E-state index in [9.17, 15) is 9.18 Å². The van der Waals surface area contributed by atoms with Crippen LogP contribution in [0.5, 0.6) is 5.75 Å². The quantitative estimate of drug-likeness (QED) is 0.903. The monoisotopic (exact) mass is 251 g/mol. The molecule has 0 radical (unpaired) electrons. The Labute approximate surface area is 102 Å². The number of halogens is 1. The highest BCUT2D eigenvalue weighted by Crippen LogP contribution is 2.27. The molecule has 1 N–H and O–H groups in total. The van der Waals surface area contributed by atoms with Crippen molar-refractivity contribution in [1.29, 1.82) is 0 Å². The molecular weight excluding hydrogens is 241 g/mol. The van der Waals surface area contributed by atoms with Crippen LogP contribution in [-0.2, 0) is 6.67 Å². The minimum absolute atomic E-state index is 0.192. The summed E-state index contributed by atoms with van der Waals surface area (Å²) < 4.78 is 22.7. The molecule has 0 amide bonds. The van der Waals surface area contributed by atoms with Gasteiger partial charge in [0.05, 0.1) is 7.11 Å². The minimum atomic E-state index is -1.18. The van der Waals surface area contributed by atoms with Gasteiger partial charge in [0.2, 0.25) is 0 Å². The van der Waals surface area contributed by atoms with Crippen molar-refractivity contribution in [3.8, 4) is 17.1 Å². The Bertz CT molecular complexity index is 579. The van der Waals surface area contributed by atoms with Gasteiger partial charge in [0.1, 0.15) is 12.4 Å². The molecule has 5 nitrogen and oxygen atoms in total. The van der Waals surface area contributed by atoms with Gasteiger partial charge in [0.25, 0.3) is 0 Å². The van der Waals surface area contributed by atoms with E-state index in [2.05, 4.69) is 5.16 Å². The number of rotatable bonds is 4. The molecule has 0 atom stereocenters. The summed E-state index contributed by atoms with van der Waals surface area (Å²) in [4.78, 5) is 10.7. The third-order valence-electron chi connectivity index (χ3n) is 2.44. The van der Waals surface area contributed by atoms with E-state index in [-0.39, 0.29) is 11.5 Å². The Morgan fingerprint density at radius 3 is 2.83 bits per heavy atom. The second kappa shape index (κ2) is 4.87. The van der Waals surface area contributed by atoms with Crippen LogP contribution in [0.15, 0.2) is 28.8 Å². The van der Waals surface area contributed by atoms with Crippen LogP contribution in [0, 0.1) is 0 Å². The van der Waals surface area contributed by atoms with Gasteiger partial charge in [0, 0.05) is 17.2 Å². The Morgan fingerprint density at radius 1 is 1.50 bits per heavy atom. The van der Waals surface area contributed by atoms with Crippen molar-refractivity contribution in [3.05, 3.63) is 35.5 Å². The van der Waals surface area contributed by atoms with E-state index in [1.54, 1.807) is 12.1 Å². The van der Waals surface area contributed by atoms with Crippen molar-refractivity contribution in [1.82, 2.24) is 5.16 Å². The largest absolute Gasteiger partial charge is 0.496 e. The van der Waals surface area contributed by atoms with E-state index in [0.717, 1.165) is 0 Å². The van der Waals surface area contributed by atoms with E-state index < -0.39 is 12.6 Å². The fourth-order valence-corrected chi connectivity index (χ4v) is 1.55. The van der Waals surface area contributed by atoms with Crippen molar-refractivity contribution < 1.29 is 23.6 Å². The van der Waals surface area contributed by atoms with E-state index in [1.807, 2.05) is 0 Å². The van der Waals surface area contributed by atoms with Crippen LogP contribution >= 0.6 is 0 Å². The Hall–Kier alpha value is -2.37. The average Bonchev–Trinajstić information content (AvgIpc) is 2.87. The fraction of sp³-hybridized carbons (Fsp3) is 0.167. The maximum absolute atomic E-state index is 12.8. The molecule has 1 aromatic heterocycles. The minimum Gasteiger partial charge on any atom is -0.496 e. The van der Waals surface area contributed by atoms with Gasteiger partial charge in [-0.25, -0.2) is 9.18 Å². The van der Waals surface area contributed by atoms with E-state index in [0.29, 0.717) is 16.9 Å². The number of ether oxygens (including phenoxy) is 1. The topological polar surface area (TPSA) is 72.6 Å². The molecule has 0 aliphatic rings. The van der Waals surface area contributed by atoms with Gasteiger partial charge < -0.3 is 14.4 Å². The van der Waals surface area contributed by atoms with Gasteiger partial charge in [-0.1, -0.05) is 5.16 Å². The summed E-state index contributed by atoms with van der Waals surface area (Å²) in [6, 6.07) is 6.05. The summed E-state index contributed by atoms with van der Waals surface area (Å²) in [5, 5.41) is 12.1. The normalized spacial score (nSPS) is 10.3. The number of benzene rings is 1. The summed E-state index contributed by atoms with van der Waals surface area (Å²) in [5.41, 5.74) is 0.717. The van der Waals surface area contributed by atoms with Gasteiger partial charge >= 0.3 is 5.97 Å². The Kier molecular flexibility index (Phi) is 3.27. The second-order valence-electron chi connectivity index (χ2n) is 3.54. The molecule has 6 heteroatoms. The number of aromatic carboxylic acids is 1. The highest BCUT2D eigenvalue weighted by molar-refractivity contribution is 5.86. The lowest BCUT2D eigenvalue weighted by Gasteiger charge is -2.06. The molecule has 1 heterocycles. The third kappa shape index (κ3) is 2.17. The molecule has 0 saturated carbocycles. The zero-order chi connectivity index (χ0) is 13.1. The number of methoxy groups -OCH3 is 1. The number of hydrogen-bond donors (Lipinski definition) is 1. The zero-order valence-corrected chi connectivity index (χ0v) is 9.51. The lowest BCUT2D eigenvalue weighted by atomic mass is 10.1. The average molecular weight is 251 g/mol. The van der Waals surface area contributed by atoms with Crippen molar-refractivity contribution >= 4 is 5.97 Å². The van der Waals surface area contributed by atoms with Crippen LogP contribution in [0.25, 0.3) is 11.3 Å². The van der Waals surface area contributed by atoms with Crippen molar-refractivity contribution in [3.63, 3.8) is 0 Å². The van der Waals surface area contributed by atoms with E-state index >= 15 is 0 Å². The molecule has 0 aliphatic heterocycles. The summed E-state index contributed by atoms with van der Waals surface area (Å²) in [5.74, 6) is -0.479. The summed E-state index contributed by atoms with van der Waals surface area (Å²) in [6.07, 6.45) is 0. The molecule has 0 spiro atoms. The van der Waals surface area contributed by atoms with Gasteiger partial charge in [-0.05, 0) is 18.2 Å². The fourth-order valence-electron chi connectivity index (χ4n) is 1.55. The molecule has 0 bridgehead atoms. The first-order chi connectivity index (χ1) is 8.65. The number of nitrogens with zero attached hydrogens (tertiary/aromatic N) is 1. The zero-order valence-electron chi connectivity index (χ0n) is 9.51. The first-order valence-electron chi connectivity index (χ1n) is 5.09. The highest BCUT2D eigenvalue weighted by Gasteiger charge is 2.13. The van der Waals surface area contributed by atoms with Gasteiger partial charge in [-0.2, -0.15) is 0 Å². The van der Waals surface area contributed by atoms with Crippen LogP contribution in [0.3, 0.4) is 0 Å². The van der Waals surface area contributed by atoms with Crippen LogP contribution in [0.4, 0.5) is 4.39 Å². The SMILES string of the molecule is COc1ccc(-c2cc(C(=O)O)no2)cc1CF. The van der Waals surface area contributed by atoms with Crippen molar-refractivity contribution in [2.75, 3.05) is 7.11 Å². The van der Waals surface area contributed by atoms with Crippen LogP contribution in [0.2, 0.25) is 0 Å². The van der Waals surface area contributed by atoms with E-state index in [4.69, 9.17) is 14.4 Å². The summed E-state index contributed by atoms with van der Waals surface area (Å²) >= 11 is 0. The molecule has 0 fully saturated rings. The number of alkyl halides is 1. The molecule has 1 aromatic carbocycles. The van der Waals surface area contributed by atoms with Gasteiger partial charge in [-0.15, -0.1) is 0 Å². The summed E-state index contributed by atoms with van der Waals surface area (Å²) in [6.45, 7) is -0.684. The first kappa shape index (κ1) is 12.1. The predicted molar refractivity (Wildman–Crippen MR) is 60.3 cm³/mol. The molecule has 0 unspecified atom stereocenters. The molecular formula is C12H10FNO4. The molecule has 94 valence electrons. The van der Waals surface area contributed by atoms with Crippen molar-refractivity contribution in [2.24, 2.45) is 0 Å². The van der Waals surface area contributed by atoms with Crippen LogP contribution in [-0.4, -0.2) is 23.3 Å². The molecule has 0 aliphatic carbocycles. The number of carbonyl (C=O) groups is 1. The van der Waals surface area contributed by atoms with Crippen LogP contribution < -0.4 is 4.74 Å². The number of carboxylic acid groups (broad SMARTS) is 1. The number of carboxylic acids is 1. The predicted octanol–water partition coefficient (Wildman–Crippen LogP) is 2.52. The first-order valence-corrected chi connectivity index (χ1v) is 5.09. The maximum atomic E-state index is 12.8. The lowest BCUT2D eigenvalue weighted by Crippen LogP contribution is -1.94. The van der Waals surface area contributed by atoms with E-state index in [1.165, 1.54) is 19.2 Å². The number of hydrogen-bond acceptors (Lipinski definition) is 4. The molecule has 18 heavy (non-hydrogen) atoms. The number of aromatic nitrogens is 1. The molecule has 0 saturated heterocycles. The Balaban J connectivity index is 2.41. The highest BCUT2D eigenvalue weighted by atomic mass is 19.1. The maximum Gasteiger partial charge on any atom is 0.358 e. The smallest absolute Gasteiger partial charge is 0.358 e.